The highest BCUT2D eigenvalue weighted by atomic mass is 79.9. The number of rotatable bonds is 1. The molecule has 1 heterocycles. The zero-order valence-electron chi connectivity index (χ0n) is 10.2. The topological polar surface area (TPSA) is 32.3 Å². The van der Waals surface area contributed by atoms with Crippen LogP contribution >= 0.6 is 27.5 Å². The van der Waals surface area contributed by atoms with Gasteiger partial charge in [0.2, 0.25) is 0 Å². The fourth-order valence-electron chi connectivity index (χ4n) is 2.16. The Hall–Kier alpha value is -0.740. The average Bonchev–Trinajstić information content (AvgIpc) is 2.32. The molecule has 5 heteroatoms. The standard InChI is InChI=1S/C13H16BrClN2O/c1-9-3-2-6-17(8-9)13(18)16-12-5-4-10(14)7-11(12)15/h4-5,7,9H,2-3,6,8H2,1H3,(H,16,18)/t9-/m1/s1. The lowest BCUT2D eigenvalue weighted by Gasteiger charge is -2.31. The van der Waals surface area contributed by atoms with Gasteiger partial charge in [-0.2, -0.15) is 0 Å². The number of amides is 2. The van der Waals surface area contributed by atoms with Gasteiger partial charge in [0.25, 0.3) is 0 Å². The van der Waals surface area contributed by atoms with Gasteiger partial charge in [0.15, 0.2) is 0 Å². The molecule has 98 valence electrons. The van der Waals surface area contributed by atoms with Gasteiger partial charge in [-0.1, -0.05) is 34.5 Å². The minimum atomic E-state index is -0.0641. The number of nitrogens with one attached hydrogen (secondary N) is 1. The maximum absolute atomic E-state index is 12.1. The molecule has 1 aliphatic heterocycles. The highest BCUT2D eigenvalue weighted by Gasteiger charge is 2.21. The van der Waals surface area contributed by atoms with Crippen molar-refractivity contribution in [3.05, 3.63) is 27.7 Å². The van der Waals surface area contributed by atoms with Crippen LogP contribution in [0.25, 0.3) is 0 Å². The predicted molar refractivity (Wildman–Crippen MR) is 78.1 cm³/mol. The smallest absolute Gasteiger partial charge is 0.321 e. The summed E-state index contributed by atoms with van der Waals surface area (Å²) in [6, 6.07) is 5.37. The molecule has 1 fully saturated rings. The molecule has 2 rings (SSSR count). The summed E-state index contributed by atoms with van der Waals surface area (Å²) in [6.45, 7) is 3.82. The normalized spacial score (nSPS) is 19.7. The van der Waals surface area contributed by atoms with Crippen molar-refractivity contribution in [3.63, 3.8) is 0 Å². The lowest BCUT2D eigenvalue weighted by Crippen LogP contribution is -2.41. The van der Waals surface area contributed by atoms with Crippen LogP contribution in [0.3, 0.4) is 0 Å². The minimum absolute atomic E-state index is 0.0641. The Morgan fingerprint density at radius 3 is 3.00 bits per heavy atom. The number of hydrogen-bond acceptors (Lipinski definition) is 1. The Morgan fingerprint density at radius 2 is 2.33 bits per heavy atom. The van der Waals surface area contributed by atoms with Crippen molar-refractivity contribution in [2.24, 2.45) is 5.92 Å². The summed E-state index contributed by atoms with van der Waals surface area (Å²) >= 11 is 9.42. The van der Waals surface area contributed by atoms with Crippen LogP contribution in [0.5, 0.6) is 0 Å². The molecule has 2 amide bonds. The van der Waals surface area contributed by atoms with Gasteiger partial charge in [0, 0.05) is 17.6 Å². The van der Waals surface area contributed by atoms with Gasteiger partial charge in [0.05, 0.1) is 10.7 Å². The second kappa shape index (κ2) is 5.93. The van der Waals surface area contributed by atoms with Crippen LogP contribution in [-0.4, -0.2) is 24.0 Å². The van der Waals surface area contributed by atoms with Crippen LogP contribution in [-0.2, 0) is 0 Å². The van der Waals surface area contributed by atoms with Crippen molar-refractivity contribution < 1.29 is 4.79 Å². The number of carbonyl (C=O) groups is 1. The first-order valence-electron chi connectivity index (χ1n) is 6.07. The van der Waals surface area contributed by atoms with E-state index < -0.39 is 0 Å². The van der Waals surface area contributed by atoms with E-state index in [9.17, 15) is 4.79 Å². The van der Waals surface area contributed by atoms with E-state index in [1.54, 1.807) is 12.1 Å². The number of nitrogens with zero attached hydrogens (tertiary/aromatic N) is 1. The molecule has 0 saturated carbocycles. The summed E-state index contributed by atoms with van der Waals surface area (Å²) in [5.41, 5.74) is 0.656. The van der Waals surface area contributed by atoms with Gasteiger partial charge in [-0.05, 0) is 37.0 Å². The zero-order valence-corrected chi connectivity index (χ0v) is 12.6. The van der Waals surface area contributed by atoms with Crippen LogP contribution in [0.2, 0.25) is 5.02 Å². The molecule has 0 bridgehead atoms. The molecule has 0 spiro atoms. The number of piperidine rings is 1. The summed E-state index contributed by atoms with van der Waals surface area (Å²) in [7, 11) is 0. The lowest BCUT2D eigenvalue weighted by atomic mass is 10.0. The Labute approximate surface area is 121 Å². The second-order valence-electron chi connectivity index (χ2n) is 4.75. The summed E-state index contributed by atoms with van der Waals surface area (Å²) in [5, 5.41) is 3.41. The third kappa shape index (κ3) is 3.39. The first-order valence-corrected chi connectivity index (χ1v) is 7.24. The fourth-order valence-corrected chi connectivity index (χ4v) is 2.88. The molecule has 1 aliphatic rings. The molecular weight excluding hydrogens is 316 g/mol. The summed E-state index contributed by atoms with van der Waals surface area (Å²) in [4.78, 5) is 13.9. The molecular formula is C13H16BrClN2O. The van der Waals surface area contributed by atoms with E-state index >= 15 is 0 Å². The Bertz CT molecular complexity index is 453. The van der Waals surface area contributed by atoms with E-state index in [1.807, 2.05) is 11.0 Å². The number of benzene rings is 1. The van der Waals surface area contributed by atoms with Gasteiger partial charge >= 0.3 is 6.03 Å². The van der Waals surface area contributed by atoms with E-state index in [4.69, 9.17) is 11.6 Å². The van der Waals surface area contributed by atoms with Crippen molar-refractivity contribution in [1.29, 1.82) is 0 Å². The van der Waals surface area contributed by atoms with Crippen molar-refractivity contribution in [2.75, 3.05) is 18.4 Å². The molecule has 1 atom stereocenters. The Balaban J connectivity index is 2.02. The Kier molecular flexibility index (Phi) is 4.51. The van der Waals surface area contributed by atoms with Crippen LogP contribution in [0.15, 0.2) is 22.7 Å². The van der Waals surface area contributed by atoms with Crippen LogP contribution in [0.4, 0.5) is 10.5 Å². The largest absolute Gasteiger partial charge is 0.324 e. The number of halogens is 2. The highest BCUT2D eigenvalue weighted by molar-refractivity contribution is 9.10. The van der Waals surface area contributed by atoms with Crippen LogP contribution < -0.4 is 5.32 Å². The van der Waals surface area contributed by atoms with Gasteiger partial charge in [-0.3, -0.25) is 0 Å². The van der Waals surface area contributed by atoms with Gasteiger partial charge in [-0.25, -0.2) is 4.79 Å². The van der Waals surface area contributed by atoms with Crippen LogP contribution in [0.1, 0.15) is 19.8 Å². The van der Waals surface area contributed by atoms with E-state index in [1.165, 1.54) is 6.42 Å². The molecule has 1 N–H and O–H groups in total. The molecule has 1 aromatic carbocycles. The average molecular weight is 332 g/mol. The van der Waals surface area contributed by atoms with Gasteiger partial charge in [-0.15, -0.1) is 0 Å². The third-order valence-electron chi connectivity index (χ3n) is 3.12. The number of urea groups is 1. The molecule has 0 aliphatic carbocycles. The molecule has 1 saturated heterocycles. The van der Waals surface area contributed by atoms with Crippen LogP contribution in [0, 0.1) is 5.92 Å². The summed E-state index contributed by atoms with van der Waals surface area (Å²) in [5.74, 6) is 0.574. The first kappa shape index (κ1) is 13.7. The molecule has 18 heavy (non-hydrogen) atoms. The van der Waals surface area contributed by atoms with E-state index in [0.29, 0.717) is 16.6 Å². The number of likely N-dealkylation sites (tertiary alicyclic amines) is 1. The molecule has 0 aromatic heterocycles. The van der Waals surface area contributed by atoms with Crippen molar-refractivity contribution in [1.82, 2.24) is 4.90 Å². The second-order valence-corrected chi connectivity index (χ2v) is 6.07. The highest BCUT2D eigenvalue weighted by Crippen LogP contribution is 2.26. The lowest BCUT2D eigenvalue weighted by molar-refractivity contribution is 0.182. The first-order chi connectivity index (χ1) is 8.56. The fraction of sp³-hybridized carbons (Fsp3) is 0.462. The molecule has 3 nitrogen and oxygen atoms in total. The maximum Gasteiger partial charge on any atom is 0.321 e. The molecule has 1 aromatic rings. The maximum atomic E-state index is 12.1. The number of anilines is 1. The van der Waals surface area contributed by atoms with Crippen molar-refractivity contribution in [2.45, 2.75) is 19.8 Å². The SMILES string of the molecule is C[C@@H]1CCCN(C(=O)Nc2ccc(Br)cc2Cl)C1. The van der Waals surface area contributed by atoms with E-state index in [-0.39, 0.29) is 6.03 Å². The molecule has 0 radical (unpaired) electrons. The quantitative estimate of drug-likeness (QED) is 0.814. The summed E-state index contributed by atoms with van der Waals surface area (Å²) < 4.78 is 0.900. The van der Waals surface area contributed by atoms with Crippen molar-refractivity contribution >= 4 is 39.2 Å². The van der Waals surface area contributed by atoms with Gasteiger partial charge in [0.1, 0.15) is 0 Å². The minimum Gasteiger partial charge on any atom is -0.324 e. The van der Waals surface area contributed by atoms with E-state index in [2.05, 4.69) is 28.2 Å². The molecule has 0 unspecified atom stereocenters. The van der Waals surface area contributed by atoms with Gasteiger partial charge < -0.3 is 10.2 Å². The Morgan fingerprint density at radius 1 is 1.56 bits per heavy atom. The van der Waals surface area contributed by atoms with E-state index in [0.717, 1.165) is 24.0 Å². The third-order valence-corrected chi connectivity index (χ3v) is 3.92. The monoisotopic (exact) mass is 330 g/mol. The number of hydrogen-bond donors (Lipinski definition) is 1. The summed E-state index contributed by atoms with van der Waals surface area (Å²) in [6.07, 6.45) is 2.27. The zero-order chi connectivity index (χ0) is 13.1. The predicted octanol–water partition coefficient (Wildman–Crippen LogP) is 4.37. The number of carbonyl (C=O) groups excluding carboxylic acids is 1. The van der Waals surface area contributed by atoms with Crippen molar-refractivity contribution in [3.8, 4) is 0 Å².